The summed E-state index contributed by atoms with van der Waals surface area (Å²) >= 11 is 6.57. The predicted molar refractivity (Wildman–Crippen MR) is 99.6 cm³/mol. The first-order valence-corrected chi connectivity index (χ1v) is 8.55. The number of phenolic OH excluding ortho intramolecular Hbond substituents is 1. The molecule has 1 atom stereocenters. The Morgan fingerprint density at radius 2 is 2.08 bits per heavy atom. The predicted octanol–water partition coefficient (Wildman–Crippen LogP) is 4.50. The molecule has 1 unspecified atom stereocenters. The Labute approximate surface area is 150 Å². The highest BCUT2D eigenvalue weighted by Crippen LogP contribution is 2.46. The molecule has 0 spiro atoms. The van der Waals surface area contributed by atoms with Crippen LogP contribution in [0.5, 0.6) is 5.75 Å². The lowest BCUT2D eigenvalue weighted by atomic mass is 10.0. The quantitative estimate of drug-likeness (QED) is 0.656. The maximum Gasteiger partial charge on any atom is 0.258 e. The van der Waals surface area contributed by atoms with E-state index in [1.807, 2.05) is 38.1 Å². The number of amides is 1. The summed E-state index contributed by atoms with van der Waals surface area (Å²) in [6.07, 6.45) is 1.63. The van der Waals surface area contributed by atoms with Crippen molar-refractivity contribution in [3.63, 3.8) is 0 Å². The van der Waals surface area contributed by atoms with E-state index in [4.69, 9.17) is 11.6 Å². The monoisotopic (exact) mass is 352 g/mol. The van der Waals surface area contributed by atoms with Crippen LogP contribution in [0.3, 0.4) is 0 Å². The number of aromatic hydroxyl groups is 1. The molecule has 126 valence electrons. The zero-order valence-corrected chi connectivity index (χ0v) is 14.7. The van der Waals surface area contributed by atoms with Crippen molar-refractivity contribution in [3.05, 3.63) is 64.8 Å². The number of hydrogen-bond donors (Lipinski definition) is 1. The van der Waals surface area contributed by atoms with E-state index in [1.165, 1.54) is 0 Å². The van der Waals surface area contributed by atoms with Crippen molar-refractivity contribution in [1.29, 1.82) is 0 Å². The smallest absolute Gasteiger partial charge is 0.258 e. The summed E-state index contributed by atoms with van der Waals surface area (Å²) < 4.78 is 0. The van der Waals surface area contributed by atoms with Gasteiger partial charge in [-0.3, -0.25) is 9.78 Å². The van der Waals surface area contributed by atoms with E-state index in [-0.39, 0.29) is 17.0 Å². The Hall–Kier alpha value is -2.59. The minimum atomic E-state index is -0.337. The maximum atomic E-state index is 13.1. The molecule has 0 saturated carbocycles. The third kappa shape index (κ3) is 2.45. The highest BCUT2D eigenvalue weighted by Gasteiger charge is 2.34. The van der Waals surface area contributed by atoms with Gasteiger partial charge >= 0.3 is 0 Å². The largest absolute Gasteiger partial charge is 0.506 e. The first kappa shape index (κ1) is 15.9. The third-order valence-electron chi connectivity index (χ3n) is 4.71. The number of anilines is 1. The summed E-state index contributed by atoms with van der Waals surface area (Å²) in [6.45, 7) is 4.25. The number of alkyl halides is 1. The van der Waals surface area contributed by atoms with Gasteiger partial charge in [-0.05, 0) is 31.5 Å². The SMILES string of the molecule is Cc1ccc(C)c(C(=O)N2CC(Cl)c3c2cc(O)c2ncccc32)c1. The number of nitrogens with zero attached hydrogens (tertiary/aromatic N) is 2. The summed E-state index contributed by atoms with van der Waals surface area (Å²) in [4.78, 5) is 19.0. The van der Waals surface area contributed by atoms with Crippen LogP contribution in [0.4, 0.5) is 5.69 Å². The van der Waals surface area contributed by atoms with Gasteiger partial charge in [0, 0.05) is 35.3 Å². The van der Waals surface area contributed by atoms with Gasteiger partial charge in [0.15, 0.2) is 0 Å². The van der Waals surface area contributed by atoms with E-state index in [0.29, 0.717) is 23.3 Å². The number of carbonyl (C=O) groups excluding carboxylic acids is 1. The van der Waals surface area contributed by atoms with Crippen LogP contribution in [0.15, 0.2) is 42.6 Å². The maximum absolute atomic E-state index is 13.1. The van der Waals surface area contributed by atoms with Crippen molar-refractivity contribution in [3.8, 4) is 5.75 Å². The first-order valence-electron chi connectivity index (χ1n) is 8.11. The molecule has 1 N–H and O–H groups in total. The molecule has 25 heavy (non-hydrogen) atoms. The van der Waals surface area contributed by atoms with E-state index in [1.54, 1.807) is 23.2 Å². The fourth-order valence-corrected chi connectivity index (χ4v) is 3.81. The summed E-state index contributed by atoms with van der Waals surface area (Å²) in [5, 5.41) is 10.8. The number of carbonyl (C=O) groups is 1. The number of aromatic nitrogens is 1. The van der Waals surface area contributed by atoms with Gasteiger partial charge in [-0.2, -0.15) is 0 Å². The number of fused-ring (bicyclic) bond motifs is 3. The number of benzene rings is 2. The number of halogens is 1. The molecule has 0 saturated heterocycles. The lowest BCUT2D eigenvalue weighted by Gasteiger charge is -2.19. The number of rotatable bonds is 1. The van der Waals surface area contributed by atoms with Gasteiger partial charge in [0.05, 0.1) is 11.1 Å². The average molecular weight is 353 g/mol. The number of pyridine rings is 1. The third-order valence-corrected chi connectivity index (χ3v) is 5.06. The van der Waals surface area contributed by atoms with Crippen LogP contribution in [0, 0.1) is 13.8 Å². The highest BCUT2D eigenvalue weighted by atomic mass is 35.5. The van der Waals surface area contributed by atoms with Gasteiger partial charge in [0.1, 0.15) is 11.3 Å². The Balaban J connectivity index is 1.89. The fourth-order valence-electron chi connectivity index (χ4n) is 3.45. The van der Waals surface area contributed by atoms with E-state index in [9.17, 15) is 9.90 Å². The van der Waals surface area contributed by atoms with Crippen molar-refractivity contribution in [2.24, 2.45) is 0 Å². The van der Waals surface area contributed by atoms with Gasteiger partial charge in [-0.1, -0.05) is 23.8 Å². The molecular formula is C20H17ClN2O2. The van der Waals surface area contributed by atoms with Gasteiger partial charge in [0.25, 0.3) is 5.91 Å². The zero-order valence-electron chi connectivity index (χ0n) is 14.0. The molecule has 2 aromatic carbocycles. The van der Waals surface area contributed by atoms with Crippen LogP contribution in [0.2, 0.25) is 0 Å². The second-order valence-corrected chi connectivity index (χ2v) is 6.96. The fraction of sp³-hybridized carbons (Fsp3) is 0.200. The lowest BCUT2D eigenvalue weighted by Crippen LogP contribution is -2.29. The molecule has 1 aliphatic rings. The van der Waals surface area contributed by atoms with Gasteiger partial charge in [0.2, 0.25) is 0 Å². The van der Waals surface area contributed by atoms with Crippen LogP contribution in [-0.2, 0) is 0 Å². The number of hydrogen-bond acceptors (Lipinski definition) is 3. The molecule has 3 aromatic rings. The van der Waals surface area contributed by atoms with Gasteiger partial charge < -0.3 is 10.0 Å². The molecule has 0 radical (unpaired) electrons. The normalized spacial score (nSPS) is 16.3. The van der Waals surface area contributed by atoms with Crippen molar-refractivity contribution in [1.82, 2.24) is 4.98 Å². The summed E-state index contributed by atoms with van der Waals surface area (Å²) in [5.41, 5.74) is 4.61. The Kier molecular flexibility index (Phi) is 3.65. The molecule has 0 fully saturated rings. The van der Waals surface area contributed by atoms with Crippen LogP contribution in [0.25, 0.3) is 10.9 Å². The Morgan fingerprint density at radius 3 is 2.88 bits per heavy atom. The number of aryl methyl sites for hydroxylation is 2. The molecule has 2 heterocycles. The highest BCUT2D eigenvalue weighted by molar-refractivity contribution is 6.25. The molecule has 0 bridgehead atoms. The molecule has 5 heteroatoms. The van der Waals surface area contributed by atoms with Crippen molar-refractivity contribution in [2.75, 3.05) is 11.4 Å². The molecule has 4 rings (SSSR count). The molecular weight excluding hydrogens is 336 g/mol. The van der Waals surface area contributed by atoms with E-state index in [2.05, 4.69) is 4.98 Å². The number of phenols is 1. The Bertz CT molecular complexity index is 1020. The lowest BCUT2D eigenvalue weighted by molar-refractivity contribution is 0.0988. The van der Waals surface area contributed by atoms with Crippen LogP contribution in [-0.4, -0.2) is 22.5 Å². The summed E-state index contributed by atoms with van der Waals surface area (Å²) in [5.74, 6) is -0.0490. The van der Waals surface area contributed by atoms with E-state index in [0.717, 1.165) is 22.1 Å². The van der Waals surface area contributed by atoms with Crippen molar-refractivity contribution < 1.29 is 9.90 Å². The van der Waals surface area contributed by atoms with E-state index >= 15 is 0 Å². The molecule has 0 aliphatic carbocycles. The minimum absolute atomic E-state index is 0.0545. The summed E-state index contributed by atoms with van der Waals surface area (Å²) in [6, 6.07) is 11.1. The van der Waals surface area contributed by atoms with E-state index < -0.39 is 0 Å². The van der Waals surface area contributed by atoms with Gasteiger partial charge in [-0.15, -0.1) is 11.6 Å². The average Bonchev–Trinajstić information content (AvgIpc) is 2.93. The minimum Gasteiger partial charge on any atom is -0.506 e. The van der Waals surface area contributed by atoms with Crippen molar-refractivity contribution >= 4 is 34.1 Å². The second-order valence-electron chi connectivity index (χ2n) is 6.43. The molecule has 1 aliphatic heterocycles. The second kappa shape index (κ2) is 5.74. The first-order chi connectivity index (χ1) is 12.0. The zero-order chi connectivity index (χ0) is 17.7. The Morgan fingerprint density at radius 1 is 1.28 bits per heavy atom. The molecule has 1 aromatic heterocycles. The molecule has 4 nitrogen and oxygen atoms in total. The van der Waals surface area contributed by atoms with Gasteiger partial charge in [-0.25, -0.2) is 0 Å². The molecule has 1 amide bonds. The van der Waals surface area contributed by atoms with Crippen molar-refractivity contribution in [2.45, 2.75) is 19.2 Å². The van der Waals surface area contributed by atoms with Crippen LogP contribution < -0.4 is 4.90 Å². The topological polar surface area (TPSA) is 53.4 Å². The summed E-state index contributed by atoms with van der Waals surface area (Å²) in [7, 11) is 0. The van der Waals surface area contributed by atoms with Crippen LogP contribution >= 0.6 is 11.6 Å². The van der Waals surface area contributed by atoms with Crippen LogP contribution in [0.1, 0.15) is 32.4 Å². The standard InChI is InChI=1S/C20H17ClN2O2/c1-11-5-6-12(2)14(8-11)20(25)23-10-15(21)18-13-4-3-7-22-19(13)17(24)9-16(18)23/h3-9,15,24H,10H2,1-2H3.